The van der Waals surface area contributed by atoms with Gasteiger partial charge in [0.05, 0.1) is 0 Å². The Bertz CT molecular complexity index is 635. The van der Waals surface area contributed by atoms with Gasteiger partial charge >= 0.3 is 0 Å². The molecule has 0 saturated carbocycles. The number of benzene rings is 1. The number of aromatic nitrogens is 2. The van der Waals surface area contributed by atoms with Crippen molar-refractivity contribution in [1.82, 2.24) is 14.5 Å². The number of rotatable bonds is 4. The van der Waals surface area contributed by atoms with E-state index in [0.29, 0.717) is 0 Å². The zero-order valence-corrected chi connectivity index (χ0v) is 12.2. The van der Waals surface area contributed by atoms with Crippen LogP contribution in [0.15, 0.2) is 49.1 Å². The highest BCUT2D eigenvalue weighted by molar-refractivity contribution is 6.07. The van der Waals surface area contributed by atoms with E-state index in [2.05, 4.69) is 9.88 Å². The predicted octanol–water partition coefficient (Wildman–Crippen LogP) is 2.97. The Kier molecular flexibility index (Phi) is 3.86. The summed E-state index contributed by atoms with van der Waals surface area (Å²) in [6, 6.07) is 7.69. The average molecular weight is 281 g/mol. The van der Waals surface area contributed by atoms with Crippen LogP contribution >= 0.6 is 0 Å². The van der Waals surface area contributed by atoms with Crippen molar-refractivity contribution >= 4 is 11.6 Å². The van der Waals surface area contributed by atoms with Gasteiger partial charge in [-0.25, -0.2) is 4.98 Å². The molecule has 2 heterocycles. The molecular formula is C17H19N3O. The Labute approximate surface area is 124 Å². The Morgan fingerprint density at radius 1 is 1.19 bits per heavy atom. The van der Waals surface area contributed by atoms with E-state index in [4.69, 9.17) is 0 Å². The van der Waals surface area contributed by atoms with E-state index in [0.717, 1.165) is 30.0 Å². The Morgan fingerprint density at radius 3 is 2.52 bits per heavy atom. The van der Waals surface area contributed by atoms with Crippen molar-refractivity contribution in [2.24, 2.45) is 0 Å². The molecule has 0 amide bonds. The van der Waals surface area contributed by atoms with Gasteiger partial charge in [0.15, 0.2) is 5.78 Å². The highest BCUT2D eigenvalue weighted by Crippen LogP contribution is 2.19. The highest BCUT2D eigenvalue weighted by atomic mass is 16.1. The van der Waals surface area contributed by atoms with Crippen LogP contribution < -0.4 is 0 Å². The Hall–Kier alpha value is -2.36. The lowest BCUT2D eigenvalue weighted by Gasteiger charge is -2.21. The van der Waals surface area contributed by atoms with Crippen LogP contribution in [0, 0.1) is 6.92 Å². The van der Waals surface area contributed by atoms with Crippen LogP contribution in [-0.2, 0) is 0 Å². The molecule has 0 unspecified atom stereocenters. The largest absolute Gasteiger partial charge is 0.358 e. The molecule has 1 fully saturated rings. The minimum atomic E-state index is 0.0330. The lowest BCUT2D eigenvalue weighted by atomic mass is 10.1. The van der Waals surface area contributed by atoms with E-state index in [9.17, 15) is 4.79 Å². The summed E-state index contributed by atoms with van der Waals surface area (Å²) in [7, 11) is 0. The first-order valence-electron chi connectivity index (χ1n) is 7.30. The van der Waals surface area contributed by atoms with E-state index in [1.807, 2.05) is 42.0 Å². The fourth-order valence-corrected chi connectivity index (χ4v) is 2.59. The number of likely N-dealkylation sites (tertiary alicyclic amines) is 1. The van der Waals surface area contributed by atoms with Gasteiger partial charge in [-0.2, -0.15) is 0 Å². The van der Waals surface area contributed by atoms with Gasteiger partial charge in [0.1, 0.15) is 12.1 Å². The third kappa shape index (κ3) is 3.05. The number of hydrogen-bond acceptors (Lipinski definition) is 3. The van der Waals surface area contributed by atoms with Crippen LogP contribution in [0.5, 0.6) is 0 Å². The maximum absolute atomic E-state index is 12.5. The second kappa shape index (κ2) is 5.95. The number of aryl methyl sites for hydroxylation is 1. The summed E-state index contributed by atoms with van der Waals surface area (Å²) in [5.41, 5.74) is 1.88. The maximum Gasteiger partial charge on any atom is 0.189 e. The molecule has 108 valence electrons. The Balaban J connectivity index is 1.91. The third-order valence-corrected chi connectivity index (χ3v) is 3.80. The van der Waals surface area contributed by atoms with E-state index in [1.54, 1.807) is 18.6 Å². The van der Waals surface area contributed by atoms with Gasteiger partial charge in [0, 0.05) is 37.1 Å². The van der Waals surface area contributed by atoms with Gasteiger partial charge in [0.2, 0.25) is 0 Å². The van der Waals surface area contributed by atoms with Crippen LogP contribution in [0.25, 0.3) is 5.82 Å². The molecule has 0 spiro atoms. The first-order valence-corrected chi connectivity index (χ1v) is 7.30. The topological polar surface area (TPSA) is 38.1 Å². The summed E-state index contributed by atoms with van der Waals surface area (Å²) in [6.07, 6.45) is 9.42. The van der Waals surface area contributed by atoms with Crippen LogP contribution in [0.3, 0.4) is 0 Å². The quantitative estimate of drug-likeness (QED) is 0.639. The standard InChI is InChI=1S/C17H19N3O/c1-14-4-6-15(7-5-14)16(21)12-17(19-9-2-3-10-19)20-11-8-18-13-20/h4-8,11-13H,2-3,9-10H2,1H3/b17-12+. The van der Waals surface area contributed by atoms with Crippen molar-refractivity contribution in [2.45, 2.75) is 19.8 Å². The van der Waals surface area contributed by atoms with E-state index in [-0.39, 0.29) is 5.78 Å². The molecule has 1 saturated heterocycles. The molecule has 0 aliphatic carbocycles. The molecule has 1 aromatic carbocycles. The van der Waals surface area contributed by atoms with Gasteiger partial charge in [-0.15, -0.1) is 0 Å². The van der Waals surface area contributed by atoms with Gasteiger partial charge in [-0.3, -0.25) is 9.36 Å². The minimum absolute atomic E-state index is 0.0330. The summed E-state index contributed by atoms with van der Waals surface area (Å²) in [6.45, 7) is 4.00. The summed E-state index contributed by atoms with van der Waals surface area (Å²) < 4.78 is 1.91. The smallest absolute Gasteiger partial charge is 0.189 e. The summed E-state index contributed by atoms with van der Waals surface area (Å²) in [5, 5.41) is 0. The molecule has 0 radical (unpaired) electrons. The lowest BCUT2D eigenvalue weighted by Crippen LogP contribution is -2.22. The number of imidazole rings is 1. The molecule has 4 nitrogen and oxygen atoms in total. The predicted molar refractivity (Wildman–Crippen MR) is 82.8 cm³/mol. The molecule has 1 aliphatic heterocycles. The summed E-state index contributed by atoms with van der Waals surface area (Å²) >= 11 is 0. The lowest BCUT2D eigenvalue weighted by molar-refractivity contribution is 0.104. The second-order valence-electron chi connectivity index (χ2n) is 5.40. The molecule has 0 atom stereocenters. The molecule has 0 bridgehead atoms. The molecular weight excluding hydrogens is 262 g/mol. The SMILES string of the molecule is Cc1ccc(C(=O)/C=C(\N2CCCC2)n2ccnc2)cc1. The van der Waals surface area contributed by atoms with Gasteiger partial charge in [-0.1, -0.05) is 29.8 Å². The molecule has 2 aromatic rings. The van der Waals surface area contributed by atoms with Gasteiger partial charge < -0.3 is 4.90 Å². The third-order valence-electron chi connectivity index (χ3n) is 3.80. The van der Waals surface area contributed by atoms with Crippen LogP contribution in [0.2, 0.25) is 0 Å². The van der Waals surface area contributed by atoms with E-state index >= 15 is 0 Å². The molecule has 1 aromatic heterocycles. The molecule has 21 heavy (non-hydrogen) atoms. The zero-order valence-electron chi connectivity index (χ0n) is 12.2. The number of allylic oxidation sites excluding steroid dienone is 1. The van der Waals surface area contributed by atoms with Crippen molar-refractivity contribution in [2.75, 3.05) is 13.1 Å². The second-order valence-corrected chi connectivity index (χ2v) is 5.40. The first-order chi connectivity index (χ1) is 10.2. The molecule has 3 rings (SSSR count). The zero-order chi connectivity index (χ0) is 14.7. The monoisotopic (exact) mass is 281 g/mol. The number of hydrogen-bond donors (Lipinski definition) is 0. The van der Waals surface area contributed by atoms with Crippen molar-refractivity contribution in [3.63, 3.8) is 0 Å². The fraction of sp³-hybridized carbons (Fsp3) is 0.294. The Morgan fingerprint density at radius 2 is 1.90 bits per heavy atom. The maximum atomic E-state index is 12.5. The molecule has 4 heteroatoms. The highest BCUT2D eigenvalue weighted by Gasteiger charge is 2.17. The van der Waals surface area contributed by atoms with Gasteiger partial charge in [0.25, 0.3) is 0 Å². The minimum Gasteiger partial charge on any atom is -0.358 e. The van der Waals surface area contributed by atoms with Crippen molar-refractivity contribution in [1.29, 1.82) is 0 Å². The van der Waals surface area contributed by atoms with Crippen LogP contribution in [0.4, 0.5) is 0 Å². The fourth-order valence-electron chi connectivity index (χ4n) is 2.59. The summed E-state index contributed by atoms with van der Waals surface area (Å²) in [5.74, 6) is 0.946. The van der Waals surface area contributed by atoms with Crippen LogP contribution in [0.1, 0.15) is 28.8 Å². The summed E-state index contributed by atoms with van der Waals surface area (Å²) in [4.78, 5) is 18.8. The first kappa shape index (κ1) is 13.6. The van der Waals surface area contributed by atoms with E-state index in [1.165, 1.54) is 12.8 Å². The van der Waals surface area contributed by atoms with Gasteiger partial charge in [-0.05, 0) is 19.8 Å². The van der Waals surface area contributed by atoms with Crippen molar-refractivity contribution in [3.05, 3.63) is 60.2 Å². The molecule has 1 aliphatic rings. The number of carbonyl (C=O) groups excluding carboxylic acids is 1. The normalized spacial score (nSPS) is 15.5. The average Bonchev–Trinajstić information content (AvgIpc) is 3.19. The van der Waals surface area contributed by atoms with Crippen molar-refractivity contribution < 1.29 is 4.79 Å². The van der Waals surface area contributed by atoms with Crippen LogP contribution in [-0.4, -0.2) is 33.3 Å². The van der Waals surface area contributed by atoms with E-state index < -0.39 is 0 Å². The number of ketones is 1. The molecule has 0 N–H and O–H groups in total. The number of nitrogens with zero attached hydrogens (tertiary/aromatic N) is 3. The van der Waals surface area contributed by atoms with Crippen molar-refractivity contribution in [3.8, 4) is 0 Å². The number of carbonyl (C=O) groups is 1.